The van der Waals surface area contributed by atoms with Crippen molar-refractivity contribution in [3.8, 4) is 5.69 Å². The van der Waals surface area contributed by atoms with Crippen LogP contribution in [0.5, 0.6) is 0 Å². The van der Waals surface area contributed by atoms with E-state index in [0.717, 1.165) is 12.1 Å². The van der Waals surface area contributed by atoms with E-state index < -0.39 is 33.4 Å². The molecule has 0 aliphatic rings. The van der Waals surface area contributed by atoms with Crippen molar-refractivity contribution < 1.29 is 13.0 Å². The Kier molecular flexibility index (Phi) is 5.01. The van der Waals surface area contributed by atoms with Gasteiger partial charge < -0.3 is 4.57 Å². The lowest BCUT2D eigenvalue weighted by molar-refractivity contribution is 0.552. The second-order valence-electron chi connectivity index (χ2n) is 6.47. The Labute approximate surface area is 137 Å². The molecule has 126 valence electrons. The lowest BCUT2D eigenvalue weighted by Crippen LogP contribution is -2.35. The van der Waals surface area contributed by atoms with Gasteiger partial charge in [0.2, 0.25) is 0 Å². The van der Waals surface area contributed by atoms with Crippen molar-refractivity contribution >= 4 is 11.0 Å². The molecule has 0 aliphatic heterocycles. The van der Waals surface area contributed by atoms with Gasteiger partial charge in [0, 0.05) is 23.9 Å². The molecule has 0 amide bonds. The van der Waals surface area contributed by atoms with Crippen LogP contribution < -0.4 is 4.72 Å². The van der Waals surface area contributed by atoms with Crippen LogP contribution in [0.1, 0.15) is 45.0 Å². The Hall–Kier alpha value is -1.60. The SMILES string of the molecule is Cc1cn(-c2cc(F)c([C@H](C)N[S@@](=O)C(C)(C)C)cc2F)cn1. The van der Waals surface area contributed by atoms with Crippen molar-refractivity contribution in [3.63, 3.8) is 0 Å². The summed E-state index contributed by atoms with van der Waals surface area (Å²) < 4.78 is 44.6. The molecule has 0 saturated heterocycles. The first-order valence-electron chi connectivity index (χ1n) is 7.27. The highest BCUT2D eigenvalue weighted by Crippen LogP contribution is 2.24. The number of aryl methyl sites for hydroxylation is 1. The molecule has 2 aromatic rings. The summed E-state index contributed by atoms with van der Waals surface area (Å²) in [7, 11) is -1.38. The highest BCUT2D eigenvalue weighted by molar-refractivity contribution is 7.84. The molecule has 4 nitrogen and oxygen atoms in total. The fourth-order valence-corrected chi connectivity index (χ4v) is 2.84. The zero-order chi connectivity index (χ0) is 17.4. The number of nitrogens with one attached hydrogen (secondary N) is 1. The molecule has 0 radical (unpaired) electrons. The largest absolute Gasteiger partial charge is 0.303 e. The van der Waals surface area contributed by atoms with Crippen LogP contribution >= 0.6 is 0 Å². The average Bonchev–Trinajstić information content (AvgIpc) is 2.86. The minimum atomic E-state index is -1.38. The van der Waals surface area contributed by atoms with Crippen molar-refractivity contribution in [2.24, 2.45) is 0 Å². The first-order chi connectivity index (χ1) is 10.6. The van der Waals surface area contributed by atoms with E-state index in [1.165, 1.54) is 10.9 Å². The van der Waals surface area contributed by atoms with Gasteiger partial charge in [-0.25, -0.2) is 22.7 Å². The van der Waals surface area contributed by atoms with E-state index in [0.29, 0.717) is 5.69 Å². The summed E-state index contributed by atoms with van der Waals surface area (Å²) in [5.74, 6) is -1.12. The molecular formula is C16H21F2N3OS. The van der Waals surface area contributed by atoms with E-state index in [9.17, 15) is 13.0 Å². The topological polar surface area (TPSA) is 46.9 Å². The van der Waals surface area contributed by atoms with Crippen LogP contribution in [0.15, 0.2) is 24.7 Å². The Balaban J connectivity index is 2.31. The number of benzene rings is 1. The normalized spacial score (nSPS) is 14.7. The molecule has 0 bridgehead atoms. The standard InChI is InChI=1S/C16H21F2N3OS/c1-10-8-21(9-19-10)15-7-13(17)12(6-14(15)18)11(2)20-23(22)16(3,4)5/h6-9,11,20H,1-5H3/t11-,23-/m0/s1. The van der Waals surface area contributed by atoms with E-state index >= 15 is 0 Å². The van der Waals surface area contributed by atoms with E-state index in [2.05, 4.69) is 9.71 Å². The molecule has 0 saturated carbocycles. The molecule has 1 N–H and O–H groups in total. The van der Waals surface area contributed by atoms with Crippen LogP contribution in [-0.2, 0) is 11.0 Å². The number of rotatable bonds is 4. The number of nitrogens with zero attached hydrogens (tertiary/aromatic N) is 2. The lowest BCUT2D eigenvalue weighted by Gasteiger charge is -2.22. The lowest BCUT2D eigenvalue weighted by atomic mass is 10.1. The first kappa shape index (κ1) is 17.7. The molecule has 2 atom stereocenters. The van der Waals surface area contributed by atoms with Crippen LogP contribution in [-0.4, -0.2) is 18.5 Å². The summed E-state index contributed by atoms with van der Waals surface area (Å²) in [6, 6.07) is 1.68. The van der Waals surface area contributed by atoms with Gasteiger partial charge in [-0.3, -0.25) is 0 Å². The predicted octanol–water partition coefficient (Wildman–Crippen LogP) is 3.57. The number of halogens is 2. The monoisotopic (exact) mass is 341 g/mol. The third kappa shape index (κ3) is 4.03. The maximum Gasteiger partial charge on any atom is 0.147 e. The van der Waals surface area contributed by atoms with E-state index in [4.69, 9.17) is 0 Å². The Morgan fingerprint density at radius 2 is 1.91 bits per heavy atom. The first-order valence-corrected chi connectivity index (χ1v) is 8.42. The van der Waals surface area contributed by atoms with Crippen molar-refractivity contribution in [1.29, 1.82) is 0 Å². The summed E-state index contributed by atoms with van der Waals surface area (Å²) in [6.45, 7) is 8.86. The van der Waals surface area contributed by atoms with Crippen molar-refractivity contribution in [2.75, 3.05) is 0 Å². The minimum absolute atomic E-state index is 0.0935. The third-order valence-electron chi connectivity index (χ3n) is 3.36. The third-order valence-corrected chi connectivity index (χ3v) is 5.04. The number of aromatic nitrogens is 2. The van der Waals surface area contributed by atoms with Crippen LogP contribution in [0.25, 0.3) is 5.69 Å². The molecule has 0 unspecified atom stereocenters. The summed E-state index contributed by atoms with van der Waals surface area (Å²) >= 11 is 0. The molecule has 1 heterocycles. The number of hydrogen-bond donors (Lipinski definition) is 1. The van der Waals surface area contributed by atoms with E-state index in [1.807, 2.05) is 20.8 Å². The van der Waals surface area contributed by atoms with Gasteiger partial charge >= 0.3 is 0 Å². The Morgan fingerprint density at radius 3 is 2.43 bits per heavy atom. The van der Waals surface area contributed by atoms with Crippen molar-refractivity contribution in [3.05, 3.63) is 47.5 Å². The van der Waals surface area contributed by atoms with E-state index in [1.54, 1.807) is 20.0 Å². The van der Waals surface area contributed by atoms with Crippen molar-refractivity contribution in [1.82, 2.24) is 14.3 Å². The molecule has 23 heavy (non-hydrogen) atoms. The van der Waals surface area contributed by atoms with Crippen LogP contribution in [0.4, 0.5) is 8.78 Å². The fraction of sp³-hybridized carbons (Fsp3) is 0.438. The fourth-order valence-electron chi connectivity index (χ4n) is 2.04. The van der Waals surface area contributed by atoms with Crippen LogP contribution in [0.3, 0.4) is 0 Å². The zero-order valence-electron chi connectivity index (χ0n) is 13.9. The van der Waals surface area contributed by atoms with Crippen molar-refractivity contribution in [2.45, 2.75) is 45.4 Å². The molecule has 0 aliphatic carbocycles. The quantitative estimate of drug-likeness (QED) is 0.924. The summed E-state index contributed by atoms with van der Waals surface area (Å²) in [5, 5.41) is 0. The maximum atomic E-state index is 14.4. The number of hydrogen-bond acceptors (Lipinski definition) is 2. The molecule has 2 rings (SSSR count). The smallest absolute Gasteiger partial charge is 0.147 e. The zero-order valence-corrected chi connectivity index (χ0v) is 14.7. The summed E-state index contributed by atoms with van der Waals surface area (Å²) in [4.78, 5) is 4.01. The average molecular weight is 341 g/mol. The van der Waals surface area contributed by atoms with Gasteiger partial charge in [0.25, 0.3) is 0 Å². The Bertz CT molecular complexity index is 737. The molecule has 1 aromatic heterocycles. The van der Waals surface area contributed by atoms with Gasteiger partial charge in [-0.15, -0.1) is 0 Å². The number of imidazole rings is 1. The molecular weight excluding hydrogens is 320 g/mol. The van der Waals surface area contributed by atoms with Gasteiger partial charge in [-0.1, -0.05) is 0 Å². The van der Waals surface area contributed by atoms with Gasteiger partial charge in [-0.2, -0.15) is 0 Å². The molecule has 0 fully saturated rings. The predicted molar refractivity (Wildman–Crippen MR) is 87.7 cm³/mol. The van der Waals surface area contributed by atoms with Gasteiger partial charge in [0.15, 0.2) is 0 Å². The second kappa shape index (κ2) is 6.49. The Morgan fingerprint density at radius 1 is 1.26 bits per heavy atom. The highest BCUT2D eigenvalue weighted by atomic mass is 32.2. The van der Waals surface area contributed by atoms with E-state index in [-0.39, 0.29) is 11.3 Å². The second-order valence-corrected chi connectivity index (χ2v) is 8.47. The maximum absolute atomic E-state index is 14.4. The minimum Gasteiger partial charge on any atom is -0.303 e. The van der Waals surface area contributed by atoms with Crippen LogP contribution in [0, 0.1) is 18.6 Å². The highest BCUT2D eigenvalue weighted by Gasteiger charge is 2.24. The van der Waals surface area contributed by atoms with Crippen LogP contribution in [0.2, 0.25) is 0 Å². The summed E-state index contributed by atoms with van der Waals surface area (Å²) in [6.07, 6.45) is 3.05. The van der Waals surface area contributed by atoms with Gasteiger partial charge in [0.1, 0.15) is 11.6 Å². The van der Waals surface area contributed by atoms with Gasteiger partial charge in [-0.05, 0) is 40.7 Å². The molecule has 0 spiro atoms. The molecule has 1 aromatic carbocycles. The molecule has 7 heteroatoms. The van der Waals surface area contributed by atoms with Gasteiger partial charge in [0.05, 0.1) is 33.4 Å². The summed E-state index contributed by atoms with van der Waals surface area (Å²) in [5.41, 5.74) is 0.946.